The molecule has 1 aromatic heterocycles. The molecular formula is C11H18N2O4S. The topological polar surface area (TPSA) is 78.3 Å². The fourth-order valence-electron chi connectivity index (χ4n) is 1.58. The number of carbonyl (C=O) groups excluding carboxylic acids is 1. The van der Waals surface area contributed by atoms with Crippen LogP contribution in [0.15, 0.2) is 17.3 Å². The Bertz CT molecular complexity index is 519. The number of rotatable bonds is 5. The minimum absolute atomic E-state index is 0.0974. The summed E-state index contributed by atoms with van der Waals surface area (Å²) in [6, 6.07) is -0.592. The summed E-state index contributed by atoms with van der Waals surface area (Å²) in [5, 5.41) is 3.94. The highest BCUT2D eigenvalue weighted by atomic mass is 32.2. The molecule has 0 amide bonds. The minimum atomic E-state index is -3.31. The average Bonchev–Trinajstić information content (AvgIpc) is 2.73. The second-order valence-electron chi connectivity index (χ2n) is 4.60. The Morgan fingerprint density at radius 1 is 1.50 bits per heavy atom. The fraction of sp³-hybridized carbons (Fsp3) is 0.636. The van der Waals surface area contributed by atoms with Crippen molar-refractivity contribution >= 4 is 15.8 Å². The molecule has 1 aromatic rings. The van der Waals surface area contributed by atoms with Gasteiger partial charge in [-0.05, 0) is 12.3 Å². The summed E-state index contributed by atoms with van der Waals surface area (Å²) in [6.07, 6.45) is 4.24. The molecule has 0 bridgehead atoms. The van der Waals surface area contributed by atoms with Crippen molar-refractivity contribution in [3.05, 3.63) is 12.4 Å². The lowest BCUT2D eigenvalue weighted by molar-refractivity contribution is -0.145. The van der Waals surface area contributed by atoms with Crippen LogP contribution in [0, 0.1) is 5.92 Å². The van der Waals surface area contributed by atoms with Crippen LogP contribution in [0.5, 0.6) is 0 Å². The first kappa shape index (κ1) is 14.7. The third kappa shape index (κ3) is 3.56. The first-order chi connectivity index (χ1) is 8.25. The van der Waals surface area contributed by atoms with Gasteiger partial charge in [0.15, 0.2) is 9.84 Å². The summed E-state index contributed by atoms with van der Waals surface area (Å²) in [5.74, 6) is -0.160. The summed E-state index contributed by atoms with van der Waals surface area (Å²) >= 11 is 0. The van der Waals surface area contributed by atoms with E-state index in [1.165, 1.54) is 24.2 Å². The van der Waals surface area contributed by atoms with Gasteiger partial charge in [-0.3, -0.25) is 4.68 Å². The summed E-state index contributed by atoms with van der Waals surface area (Å²) in [7, 11) is -2.01. The molecule has 6 nitrogen and oxygen atoms in total. The van der Waals surface area contributed by atoms with Gasteiger partial charge < -0.3 is 4.74 Å². The van der Waals surface area contributed by atoms with E-state index in [1.54, 1.807) is 0 Å². The number of ether oxygens (including phenoxy) is 1. The molecule has 1 heterocycles. The second kappa shape index (κ2) is 5.51. The normalized spacial score (nSPS) is 13.6. The van der Waals surface area contributed by atoms with Crippen LogP contribution in [-0.4, -0.2) is 37.5 Å². The summed E-state index contributed by atoms with van der Waals surface area (Å²) in [6.45, 7) is 3.94. The van der Waals surface area contributed by atoms with Crippen LogP contribution in [0.3, 0.4) is 0 Å². The zero-order valence-corrected chi connectivity index (χ0v) is 11.8. The van der Waals surface area contributed by atoms with Gasteiger partial charge in [0, 0.05) is 12.5 Å². The van der Waals surface area contributed by atoms with Crippen LogP contribution < -0.4 is 0 Å². The number of nitrogens with zero attached hydrogens (tertiary/aromatic N) is 2. The van der Waals surface area contributed by atoms with Crippen LogP contribution in [-0.2, 0) is 19.4 Å². The smallest absolute Gasteiger partial charge is 0.330 e. The Kier molecular flexibility index (Phi) is 4.50. The lowest BCUT2D eigenvalue weighted by Crippen LogP contribution is -2.23. The number of esters is 1. The SMILES string of the molecule is COC(=O)C(CC(C)C)n1cc(S(C)(=O)=O)cn1. The van der Waals surface area contributed by atoms with Gasteiger partial charge in [0.1, 0.15) is 10.9 Å². The molecule has 0 aliphatic carbocycles. The molecule has 0 saturated carbocycles. The van der Waals surface area contributed by atoms with E-state index in [1.807, 2.05) is 13.8 Å². The zero-order chi connectivity index (χ0) is 13.9. The predicted molar refractivity (Wildman–Crippen MR) is 65.8 cm³/mol. The largest absolute Gasteiger partial charge is 0.467 e. The molecule has 1 rings (SSSR count). The molecule has 18 heavy (non-hydrogen) atoms. The van der Waals surface area contributed by atoms with E-state index in [4.69, 9.17) is 4.74 Å². The standard InChI is InChI=1S/C11H18N2O4S/c1-8(2)5-10(11(14)17-3)13-7-9(6-12-13)18(4,15)16/h6-8,10H,5H2,1-4H3. The molecule has 102 valence electrons. The van der Waals surface area contributed by atoms with Gasteiger partial charge in [0.2, 0.25) is 0 Å². The van der Waals surface area contributed by atoms with E-state index < -0.39 is 21.8 Å². The maximum Gasteiger partial charge on any atom is 0.330 e. The maximum absolute atomic E-state index is 11.7. The number of aromatic nitrogens is 2. The number of carbonyl (C=O) groups is 1. The van der Waals surface area contributed by atoms with Gasteiger partial charge in [0.25, 0.3) is 0 Å². The lowest BCUT2D eigenvalue weighted by atomic mass is 10.0. The highest BCUT2D eigenvalue weighted by molar-refractivity contribution is 7.90. The second-order valence-corrected chi connectivity index (χ2v) is 6.61. The van der Waals surface area contributed by atoms with E-state index in [0.717, 1.165) is 6.26 Å². The van der Waals surface area contributed by atoms with Crippen LogP contribution in [0.4, 0.5) is 0 Å². The number of hydrogen-bond acceptors (Lipinski definition) is 5. The van der Waals surface area contributed by atoms with Crippen LogP contribution in [0.2, 0.25) is 0 Å². The van der Waals surface area contributed by atoms with Crippen LogP contribution in [0.1, 0.15) is 26.3 Å². The molecule has 0 aliphatic heterocycles. The highest BCUT2D eigenvalue weighted by Gasteiger charge is 2.24. The van der Waals surface area contributed by atoms with Crippen LogP contribution >= 0.6 is 0 Å². The molecule has 1 unspecified atom stereocenters. The van der Waals surface area contributed by atoms with Crippen molar-refractivity contribution in [1.29, 1.82) is 0 Å². The maximum atomic E-state index is 11.7. The third-order valence-electron chi connectivity index (χ3n) is 2.49. The van der Waals surface area contributed by atoms with Crippen molar-refractivity contribution in [3.8, 4) is 0 Å². The van der Waals surface area contributed by atoms with Gasteiger partial charge in [-0.1, -0.05) is 13.8 Å². The molecule has 0 aliphatic rings. The summed E-state index contributed by atoms with van der Waals surface area (Å²) in [4.78, 5) is 11.8. The average molecular weight is 274 g/mol. The number of methoxy groups -OCH3 is 1. The van der Waals surface area contributed by atoms with Gasteiger partial charge in [-0.25, -0.2) is 13.2 Å². The number of hydrogen-bond donors (Lipinski definition) is 0. The van der Waals surface area contributed by atoms with Crippen molar-refractivity contribution < 1.29 is 17.9 Å². The fourth-order valence-corrected chi connectivity index (χ4v) is 2.12. The molecule has 0 aromatic carbocycles. The molecule has 1 atom stereocenters. The Balaban J connectivity index is 3.06. The summed E-state index contributed by atoms with van der Waals surface area (Å²) < 4.78 is 28.8. The van der Waals surface area contributed by atoms with Crippen LogP contribution in [0.25, 0.3) is 0 Å². The van der Waals surface area contributed by atoms with Gasteiger partial charge in [-0.2, -0.15) is 5.10 Å². The molecule has 0 fully saturated rings. The molecule has 0 spiro atoms. The lowest BCUT2D eigenvalue weighted by Gasteiger charge is -2.16. The van der Waals surface area contributed by atoms with E-state index in [2.05, 4.69) is 5.10 Å². The predicted octanol–water partition coefficient (Wildman–Crippen LogP) is 1.05. The Morgan fingerprint density at radius 3 is 2.50 bits per heavy atom. The molecule has 0 N–H and O–H groups in total. The third-order valence-corrected chi connectivity index (χ3v) is 3.56. The first-order valence-electron chi connectivity index (χ1n) is 5.57. The monoisotopic (exact) mass is 274 g/mol. The number of sulfone groups is 1. The van der Waals surface area contributed by atoms with Gasteiger partial charge in [0.05, 0.1) is 13.3 Å². The van der Waals surface area contributed by atoms with E-state index >= 15 is 0 Å². The van der Waals surface area contributed by atoms with Crippen molar-refractivity contribution in [2.24, 2.45) is 5.92 Å². The minimum Gasteiger partial charge on any atom is -0.467 e. The molecular weight excluding hydrogens is 256 g/mol. The molecule has 0 saturated heterocycles. The van der Waals surface area contributed by atoms with Gasteiger partial charge >= 0.3 is 5.97 Å². The van der Waals surface area contributed by atoms with E-state index in [9.17, 15) is 13.2 Å². The van der Waals surface area contributed by atoms with E-state index in [-0.39, 0.29) is 10.8 Å². The van der Waals surface area contributed by atoms with Crippen molar-refractivity contribution in [1.82, 2.24) is 9.78 Å². The molecule has 0 radical (unpaired) electrons. The van der Waals surface area contributed by atoms with Gasteiger partial charge in [-0.15, -0.1) is 0 Å². The van der Waals surface area contributed by atoms with Crippen molar-refractivity contribution in [2.45, 2.75) is 31.2 Å². The first-order valence-corrected chi connectivity index (χ1v) is 7.47. The highest BCUT2D eigenvalue weighted by Crippen LogP contribution is 2.20. The quantitative estimate of drug-likeness (QED) is 0.750. The Morgan fingerprint density at radius 2 is 2.11 bits per heavy atom. The Hall–Kier alpha value is -1.37. The summed E-state index contributed by atoms with van der Waals surface area (Å²) in [5.41, 5.74) is 0. The van der Waals surface area contributed by atoms with E-state index in [0.29, 0.717) is 6.42 Å². The Labute approximate surface area is 107 Å². The zero-order valence-electron chi connectivity index (χ0n) is 11.0. The van der Waals surface area contributed by atoms with Crippen molar-refractivity contribution in [3.63, 3.8) is 0 Å². The molecule has 7 heteroatoms. The van der Waals surface area contributed by atoms with Crippen molar-refractivity contribution in [2.75, 3.05) is 13.4 Å².